The highest BCUT2D eigenvalue weighted by Gasteiger charge is 2.36. The van der Waals surface area contributed by atoms with E-state index in [1.807, 2.05) is 6.08 Å². The number of rotatable bonds is 10. The molecule has 0 fully saturated rings. The molecule has 0 aromatic heterocycles. The standard InChI is InChI=1S/C23H36OSi/c1-7-21(15-11-12-19-22-17-9-8-10-18-22)16-13-14-20-24-25(5,6)23(2,3)4/h7-11,17-18H,1,12-14,16,19-20H2,2-6H3. The second kappa shape index (κ2) is 10.6. The van der Waals surface area contributed by atoms with Gasteiger partial charge in [0.15, 0.2) is 8.32 Å². The van der Waals surface area contributed by atoms with Crippen LogP contribution in [0.5, 0.6) is 0 Å². The molecule has 0 atom stereocenters. The van der Waals surface area contributed by atoms with Crippen molar-refractivity contribution in [1.29, 1.82) is 0 Å². The van der Waals surface area contributed by atoms with Crippen molar-refractivity contribution in [3.05, 3.63) is 65.9 Å². The van der Waals surface area contributed by atoms with E-state index in [2.05, 4.69) is 82.6 Å². The Morgan fingerprint density at radius 2 is 1.84 bits per heavy atom. The van der Waals surface area contributed by atoms with E-state index in [-0.39, 0.29) is 0 Å². The molecule has 1 nitrogen and oxygen atoms in total. The Labute approximate surface area is 156 Å². The lowest BCUT2D eigenvalue weighted by molar-refractivity contribution is 0.279. The van der Waals surface area contributed by atoms with E-state index in [1.165, 1.54) is 11.1 Å². The Morgan fingerprint density at radius 1 is 1.16 bits per heavy atom. The molecule has 0 saturated carbocycles. The van der Waals surface area contributed by atoms with Crippen molar-refractivity contribution < 1.29 is 4.43 Å². The van der Waals surface area contributed by atoms with E-state index in [1.54, 1.807) is 0 Å². The smallest absolute Gasteiger partial charge is 0.191 e. The summed E-state index contributed by atoms with van der Waals surface area (Å²) in [5.41, 5.74) is 6.00. The molecule has 0 bridgehead atoms. The van der Waals surface area contributed by atoms with Crippen LogP contribution in [0.15, 0.2) is 60.4 Å². The summed E-state index contributed by atoms with van der Waals surface area (Å²) >= 11 is 0. The molecule has 0 spiro atoms. The first-order chi connectivity index (χ1) is 11.8. The maximum Gasteiger partial charge on any atom is 0.191 e. The summed E-state index contributed by atoms with van der Waals surface area (Å²) < 4.78 is 6.23. The van der Waals surface area contributed by atoms with E-state index in [0.29, 0.717) is 5.04 Å². The predicted molar refractivity (Wildman–Crippen MR) is 114 cm³/mol. The van der Waals surface area contributed by atoms with Crippen molar-refractivity contribution in [3.8, 4) is 0 Å². The first kappa shape index (κ1) is 21.7. The highest BCUT2D eigenvalue weighted by molar-refractivity contribution is 6.74. The van der Waals surface area contributed by atoms with Crippen molar-refractivity contribution in [2.45, 2.75) is 71.0 Å². The summed E-state index contributed by atoms with van der Waals surface area (Å²) in [6.07, 6.45) is 9.45. The van der Waals surface area contributed by atoms with Gasteiger partial charge in [0, 0.05) is 6.61 Å². The summed E-state index contributed by atoms with van der Waals surface area (Å²) in [6, 6.07) is 10.6. The number of allylic oxidation sites excluding steroid dienone is 2. The van der Waals surface area contributed by atoms with E-state index >= 15 is 0 Å². The molecule has 1 aromatic rings. The van der Waals surface area contributed by atoms with E-state index in [9.17, 15) is 0 Å². The molecule has 0 heterocycles. The number of hydrogen-bond donors (Lipinski definition) is 0. The van der Waals surface area contributed by atoms with Gasteiger partial charge in [0.05, 0.1) is 0 Å². The Hall–Kier alpha value is -1.34. The molecule has 0 aliphatic heterocycles. The molecular formula is C23H36OSi. The minimum atomic E-state index is -1.60. The molecule has 1 rings (SSSR count). The number of hydrogen-bond acceptors (Lipinski definition) is 1. The van der Waals surface area contributed by atoms with E-state index < -0.39 is 8.32 Å². The van der Waals surface area contributed by atoms with Gasteiger partial charge >= 0.3 is 0 Å². The SMILES string of the molecule is C=CC(=C=CCCc1ccccc1)CCCCO[Si](C)(C)C(C)(C)C. The van der Waals surface area contributed by atoms with E-state index in [0.717, 1.165) is 38.7 Å². The topological polar surface area (TPSA) is 9.23 Å². The summed E-state index contributed by atoms with van der Waals surface area (Å²) in [4.78, 5) is 0. The maximum absolute atomic E-state index is 6.23. The molecule has 25 heavy (non-hydrogen) atoms. The fourth-order valence-corrected chi connectivity index (χ4v) is 3.37. The van der Waals surface area contributed by atoms with Crippen LogP contribution < -0.4 is 0 Å². The van der Waals surface area contributed by atoms with Crippen LogP contribution in [0.4, 0.5) is 0 Å². The summed E-state index contributed by atoms with van der Waals surface area (Å²) in [6.45, 7) is 16.3. The molecule has 0 aliphatic rings. The normalized spacial score (nSPS) is 11.7. The largest absolute Gasteiger partial charge is 0.417 e. The lowest BCUT2D eigenvalue weighted by Gasteiger charge is -2.36. The lowest BCUT2D eigenvalue weighted by atomic mass is 10.1. The zero-order valence-corrected chi connectivity index (χ0v) is 17.9. The van der Waals surface area contributed by atoms with Gasteiger partial charge < -0.3 is 4.43 Å². The van der Waals surface area contributed by atoms with Gasteiger partial charge in [-0.3, -0.25) is 0 Å². The number of aryl methyl sites for hydroxylation is 1. The van der Waals surface area contributed by atoms with Gasteiger partial charge in [-0.2, -0.15) is 0 Å². The monoisotopic (exact) mass is 356 g/mol. The quantitative estimate of drug-likeness (QED) is 0.188. The van der Waals surface area contributed by atoms with Crippen LogP contribution in [-0.4, -0.2) is 14.9 Å². The second-order valence-electron chi connectivity index (χ2n) is 8.17. The zero-order valence-electron chi connectivity index (χ0n) is 16.9. The van der Waals surface area contributed by atoms with Gasteiger partial charge in [0.25, 0.3) is 0 Å². The van der Waals surface area contributed by atoms with Gasteiger partial charge in [0.2, 0.25) is 0 Å². The Balaban J connectivity index is 2.31. The lowest BCUT2D eigenvalue weighted by Crippen LogP contribution is -2.40. The molecule has 0 unspecified atom stereocenters. The molecule has 0 amide bonds. The molecule has 138 valence electrons. The van der Waals surface area contributed by atoms with Crippen LogP contribution in [0.1, 0.15) is 52.0 Å². The third-order valence-corrected chi connectivity index (χ3v) is 9.60. The minimum absolute atomic E-state index is 0.292. The first-order valence-corrected chi connectivity index (χ1v) is 12.4. The fourth-order valence-electron chi connectivity index (χ4n) is 2.28. The molecule has 2 heteroatoms. The third-order valence-electron chi connectivity index (χ3n) is 5.06. The van der Waals surface area contributed by atoms with Crippen LogP contribution in [0.25, 0.3) is 0 Å². The third kappa shape index (κ3) is 8.53. The van der Waals surface area contributed by atoms with Gasteiger partial charge in [-0.15, -0.1) is 5.73 Å². The molecule has 0 N–H and O–H groups in total. The van der Waals surface area contributed by atoms with Crippen molar-refractivity contribution in [2.75, 3.05) is 6.61 Å². The Bertz CT molecular complexity index is 572. The average molecular weight is 357 g/mol. The molecule has 0 saturated heterocycles. The second-order valence-corrected chi connectivity index (χ2v) is 13.0. The molecule has 0 aliphatic carbocycles. The molecule has 1 aromatic carbocycles. The first-order valence-electron chi connectivity index (χ1n) is 9.50. The average Bonchev–Trinajstić information content (AvgIpc) is 2.56. The van der Waals surface area contributed by atoms with Crippen molar-refractivity contribution in [2.24, 2.45) is 0 Å². The Morgan fingerprint density at radius 3 is 2.44 bits per heavy atom. The van der Waals surface area contributed by atoms with Crippen LogP contribution in [0.3, 0.4) is 0 Å². The van der Waals surface area contributed by atoms with Gasteiger partial charge in [-0.25, -0.2) is 0 Å². The minimum Gasteiger partial charge on any atom is -0.417 e. The predicted octanol–water partition coefficient (Wildman–Crippen LogP) is 7.08. The van der Waals surface area contributed by atoms with Crippen molar-refractivity contribution >= 4 is 8.32 Å². The van der Waals surface area contributed by atoms with Crippen LogP contribution in [0.2, 0.25) is 18.1 Å². The summed E-state index contributed by atoms with van der Waals surface area (Å²) in [7, 11) is -1.60. The summed E-state index contributed by atoms with van der Waals surface area (Å²) in [5, 5.41) is 0.292. The highest BCUT2D eigenvalue weighted by Crippen LogP contribution is 2.36. The number of unbranched alkanes of at least 4 members (excludes halogenated alkanes) is 1. The Kier molecular flexibility index (Phi) is 9.20. The van der Waals surface area contributed by atoms with E-state index in [4.69, 9.17) is 4.43 Å². The van der Waals surface area contributed by atoms with Crippen LogP contribution >= 0.6 is 0 Å². The van der Waals surface area contributed by atoms with Gasteiger partial charge in [-0.1, -0.05) is 63.8 Å². The van der Waals surface area contributed by atoms with Gasteiger partial charge in [-0.05, 0) is 67.4 Å². The number of benzene rings is 1. The van der Waals surface area contributed by atoms with Crippen LogP contribution in [0, 0.1) is 0 Å². The van der Waals surface area contributed by atoms with Crippen LogP contribution in [-0.2, 0) is 10.8 Å². The highest BCUT2D eigenvalue weighted by atomic mass is 28.4. The molecule has 0 radical (unpaired) electrons. The van der Waals surface area contributed by atoms with Crippen molar-refractivity contribution in [1.82, 2.24) is 0 Å². The maximum atomic E-state index is 6.23. The van der Waals surface area contributed by atoms with Gasteiger partial charge in [0.1, 0.15) is 0 Å². The fraction of sp³-hybridized carbons (Fsp3) is 0.522. The van der Waals surface area contributed by atoms with Crippen molar-refractivity contribution in [3.63, 3.8) is 0 Å². The summed E-state index contributed by atoms with van der Waals surface area (Å²) in [5.74, 6) is 0. The molecular weight excluding hydrogens is 320 g/mol. The zero-order chi connectivity index (χ0) is 18.8.